The molecule has 2 aliphatic rings. The van der Waals surface area contributed by atoms with Gasteiger partial charge in [0.25, 0.3) is 0 Å². The Balaban J connectivity index is 1.59. The minimum absolute atomic E-state index is 0.0171. The molecule has 1 spiro atoms. The van der Waals surface area contributed by atoms with E-state index in [1.54, 1.807) is 18.2 Å². The minimum Gasteiger partial charge on any atom is -0.325 e. The number of rotatable bonds is 4. The highest BCUT2D eigenvalue weighted by atomic mass is 32.2. The number of carbonyl (C=O) groups is 1. The van der Waals surface area contributed by atoms with Crippen LogP contribution in [0.25, 0.3) is 0 Å². The molecule has 0 saturated heterocycles. The predicted octanol–water partition coefficient (Wildman–Crippen LogP) is 3.92. The Morgan fingerprint density at radius 3 is 2.44 bits per heavy atom. The van der Waals surface area contributed by atoms with E-state index in [1.807, 2.05) is 0 Å². The molecule has 1 aliphatic carbocycles. The summed E-state index contributed by atoms with van der Waals surface area (Å²) in [7, 11) is -3.65. The molecular formula is C20H21FN2O3S. The van der Waals surface area contributed by atoms with Crippen molar-refractivity contribution in [1.29, 1.82) is 0 Å². The van der Waals surface area contributed by atoms with E-state index in [9.17, 15) is 17.6 Å². The van der Waals surface area contributed by atoms with Crippen LogP contribution in [0.2, 0.25) is 0 Å². The summed E-state index contributed by atoms with van der Waals surface area (Å²) < 4.78 is 40.6. The average molecular weight is 388 g/mol. The van der Waals surface area contributed by atoms with Gasteiger partial charge in [-0.3, -0.25) is 9.52 Å². The van der Waals surface area contributed by atoms with Crippen LogP contribution in [-0.4, -0.2) is 14.3 Å². The van der Waals surface area contributed by atoms with Gasteiger partial charge in [0.15, 0.2) is 0 Å². The molecule has 1 heterocycles. The summed E-state index contributed by atoms with van der Waals surface area (Å²) in [5.41, 5.74) is 2.06. The Labute approximate surface area is 158 Å². The van der Waals surface area contributed by atoms with Gasteiger partial charge in [-0.2, -0.15) is 0 Å². The number of nitrogens with one attached hydrogen (secondary N) is 2. The maximum Gasteiger partial charge on any atom is 0.236 e. The largest absolute Gasteiger partial charge is 0.325 e. The topological polar surface area (TPSA) is 75.3 Å². The number of fused-ring (bicyclic) bond motifs is 2. The highest BCUT2D eigenvalue weighted by molar-refractivity contribution is 7.91. The summed E-state index contributed by atoms with van der Waals surface area (Å²) >= 11 is 0. The zero-order valence-electron chi connectivity index (χ0n) is 14.8. The van der Waals surface area contributed by atoms with Gasteiger partial charge in [-0.25, -0.2) is 12.8 Å². The van der Waals surface area contributed by atoms with E-state index in [-0.39, 0.29) is 11.7 Å². The Bertz CT molecular complexity index is 981. The maximum atomic E-state index is 13.0. The number of benzene rings is 2. The van der Waals surface area contributed by atoms with Crippen molar-refractivity contribution in [3.63, 3.8) is 0 Å². The van der Waals surface area contributed by atoms with Crippen LogP contribution in [0, 0.1) is 5.82 Å². The molecule has 1 fully saturated rings. The second kappa shape index (κ2) is 6.64. The molecule has 1 aliphatic heterocycles. The first kappa shape index (κ1) is 18.0. The lowest BCUT2D eigenvalue weighted by Gasteiger charge is -2.31. The van der Waals surface area contributed by atoms with Gasteiger partial charge in [-0.1, -0.05) is 31.4 Å². The Hall–Kier alpha value is -2.41. The Morgan fingerprint density at radius 2 is 1.74 bits per heavy atom. The molecule has 142 valence electrons. The van der Waals surface area contributed by atoms with Crippen LogP contribution < -0.4 is 10.0 Å². The van der Waals surface area contributed by atoms with Gasteiger partial charge in [0.05, 0.1) is 11.2 Å². The molecule has 7 heteroatoms. The molecule has 2 aromatic rings. The molecule has 0 unspecified atom stereocenters. The number of carbonyl (C=O) groups excluding carboxylic acids is 1. The number of halogens is 1. The SMILES string of the molecule is O=C1Nc2ccc(NS(=O)(=O)Cc3ccc(F)cc3)cc2C12CCCCC2. The quantitative estimate of drug-likeness (QED) is 0.834. The molecule has 5 nitrogen and oxygen atoms in total. The fourth-order valence-corrected chi connectivity index (χ4v) is 5.33. The number of hydrogen-bond donors (Lipinski definition) is 2. The minimum atomic E-state index is -3.65. The summed E-state index contributed by atoms with van der Waals surface area (Å²) in [6, 6.07) is 10.6. The van der Waals surface area contributed by atoms with Crippen molar-refractivity contribution in [2.45, 2.75) is 43.3 Å². The molecule has 0 radical (unpaired) electrons. The number of amides is 1. The van der Waals surface area contributed by atoms with E-state index in [0.717, 1.165) is 43.4 Å². The van der Waals surface area contributed by atoms with Gasteiger partial charge >= 0.3 is 0 Å². The summed E-state index contributed by atoms with van der Waals surface area (Å²) in [6.07, 6.45) is 4.68. The molecule has 0 aromatic heterocycles. The first-order valence-corrected chi connectivity index (χ1v) is 10.7. The summed E-state index contributed by atoms with van der Waals surface area (Å²) in [5.74, 6) is -0.631. The molecule has 2 aromatic carbocycles. The molecule has 4 rings (SSSR count). The van der Waals surface area contributed by atoms with Crippen LogP contribution in [0.3, 0.4) is 0 Å². The normalized spacial score (nSPS) is 18.2. The number of hydrogen-bond acceptors (Lipinski definition) is 3. The van der Waals surface area contributed by atoms with E-state index in [4.69, 9.17) is 0 Å². The van der Waals surface area contributed by atoms with E-state index in [0.29, 0.717) is 11.3 Å². The predicted molar refractivity (Wildman–Crippen MR) is 102 cm³/mol. The van der Waals surface area contributed by atoms with Crippen molar-refractivity contribution in [3.8, 4) is 0 Å². The third kappa shape index (κ3) is 3.43. The van der Waals surface area contributed by atoms with E-state index in [2.05, 4.69) is 10.0 Å². The second-order valence-corrected chi connectivity index (χ2v) is 9.07. The van der Waals surface area contributed by atoms with Crippen molar-refractivity contribution in [1.82, 2.24) is 0 Å². The lowest BCUT2D eigenvalue weighted by molar-refractivity contribution is -0.121. The van der Waals surface area contributed by atoms with Crippen LogP contribution in [0.15, 0.2) is 42.5 Å². The standard InChI is InChI=1S/C20H21FN2O3S/c21-15-6-4-14(5-7-15)13-27(25,26)23-16-8-9-18-17(12-16)20(19(24)22-18)10-2-1-3-11-20/h4-9,12,23H,1-3,10-11,13H2,(H,22,24). The van der Waals surface area contributed by atoms with Gasteiger partial charge in [-0.15, -0.1) is 0 Å². The fourth-order valence-electron chi connectivity index (χ4n) is 4.14. The van der Waals surface area contributed by atoms with Crippen LogP contribution in [-0.2, 0) is 26.0 Å². The average Bonchev–Trinajstić information content (AvgIpc) is 2.89. The van der Waals surface area contributed by atoms with Gasteiger partial charge in [-0.05, 0) is 54.3 Å². The van der Waals surface area contributed by atoms with E-state index < -0.39 is 21.3 Å². The highest BCUT2D eigenvalue weighted by Gasteiger charge is 2.47. The zero-order valence-corrected chi connectivity index (χ0v) is 15.6. The third-order valence-electron chi connectivity index (χ3n) is 5.47. The van der Waals surface area contributed by atoms with Crippen LogP contribution >= 0.6 is 0 Å². The number of anilines is 2. The summed E-state index contributed by atoms with van der Waals surface area (Å²) in [6.45, 7) is 0. The first-order chi connectivity index (χ1) is 12.9. The van der Waals surface area contributed by atoms with Crippen molar-refractivity contribution in [3.05, 3.63) is 59.4 Å². The van der Waals surface area contributed by atoms with Crippen LogP contribution in [0.1, 0.15) is 43.2 Å². The zero-order chi connectivity index (χ0) is 19.1. The lowest BCUT2D eigenvalue weighted by Crippen LogP contribution is -2.36. The van der Waals surface area contributed by atoms with Crippen LogP contribution in [0.5, 0.6) is 0 Å². The second-order valence-electron chi connectivity index (χ2n) is 7.34. The van der Waals surface area contributed by atoms with Crippen molar-refractivity contribution in [2.75, 3.05) is 10.0 Å². The Kier molecular flexibility index (Phi) is 4.42. The first-order valence-electron chi connectivity index (χ1n) is 9.09. The molecular weight excluding hydrogens is 367 g/mol. The fraction of sp³-hybridized carbons (Fsp3) is 0.350. The monoisotopic (exact) mass is 388 g/mol. The smallest absolute Gasteiger partial charge is 0.236 e. The molecule has 2 N–H and O–H groups in total. The summed E-state index contributed by atoms with van der Waals surface area (Å²) in [4.78, 5) is 12.6. The number of sulfonamides is 1. The molecule has 27 heavy (non-hydrogen) atoms. The summed E-state index contributed by atoms with van der Waals surface area (Å²) in [5, 5.41) is 2.94. The Morgan fingerprint density at radius 1 is 1.04 bits per heavy atom. The van der Waals surface area contributed by atoms with Crippen molar-refractivity contribution in [2.24, 2.45) is 0 Å². The molecule has 1 saturated carbocycles. The molecule has 1 amide bonds. The van der Waals surface area contributed by atoms with Gasteiger partial charge in [0.2, 0.25) is 15.9 Å². The van der Waals surface area contributed by atoms with Crippen LogP contribution in [0.4, 0.5) is 15.8 Å². The third-order valence-corrected chi connectivity index (χ3v) is 6.73. The van der Waals surface area contributed by atoms with Gasteiger partial charge in [0.1, 0.15) is 5.82 Å². The highest BCUT2D eigenvalue weighted by Crippen LogP contribution is 2.48. The maximum absolute atomic E-state index is 13.0. The molecule has 0 atom stereocenters. The van der Waals surface area contributed by atoms with E-state index in [1.165, 1.54) is 24.3 Å². The molecule has 0 bridgehead atoms. The van der Waals surface area contributed by atoms with Crippen molar-refractivity contribution >= 4 is 27.3 Å². The van der Waals surface area contributed by atoms with Gasteiger partial charge < -0.3 is 5.32 Å². The van der Waals surface area contributed by atoms with Gasteiger partial charge in [0, 0.05) is 11.4 Å². The lowest BCUT2D eigenvalue weighted by atomic mass is 9.70. The van der Waals surface area contributed by atoms with E-state index >= 15 is 0 Å². The van der Waals surface area contributed by atoms with Crippen molar-refractivity contribution < 1.29 is 17.6 Å².